The normalized spacial score (nSPS) is 10.9. The molecule has 0 saturated heterocycles. The fourth-order valence-electron chi connectivity index (χ4n) is 2.35. The Balaban J connectivity index is 2.01. The number of rotatable bonds is 5. The van der Waals surface area contributed by atoms with Crippen molar-refractivity contribution in [1.29, 1.82) is 0 Å². The smallest absolute Gasteiger partial charge is 0.342 e. The maximum absolute atomic E-state index is 11.7. The fraction of sp³-hybridized carbons (Fsp3) is 0. The van der Waals surface area contributed by atoms with E-state index in [1.807, 2.05) is 0 Å². The number of aromatic hydroxyl groups is 2. The molecule has 0 heterocycles. The maximum Gasteiger partial charge on any atom is 0.342 e. The molecule has 7 nitrogen and oxygen atoms in total. The molecule has 0 spiro atoms. The van der Waals surface area contributed by atoms with Crippen molar-refractivity contribution in [2.24, 2.45) is 10.2 Å². The Labute approximate surface area is 173 Å². The fourth-order valence-corrected chi connectivity index (χ4v) is 2.74. The molecule has 9 heteroatoms. The quantitative estimate of drug-likeness (QED) is 0.200. The number of nitrogens with zero attached hydrogens (tertiary/aromatic N) is 2. The van der Waals surface area contributed by atoms with Crippen LogP contribution in [0.25, 0.3) is 0 Å². The first-order valence-electron chi connectivity index (χ1n) is 7.87. The molecule has 3 aromatic rings. The van der Waals surface area contributed by atoms with Gasteiger partial charge in [-0.25, -0.2) is 4.79 Å². The van der Waals surface area contributed by atoms with Crippen LogP contribution in [0.15, 0.2) is 69.3 Å². The molecule has 0 bridgehead atoms. The lowest BCUT2D eigenvalue weighted by atomic mass is 10.1. The van der Waals surface area contributed by atoms with E-state index in [-0.39, 0.29) is 11.4 Å². The van der Waals surface area contributed by atoms with E-state index in [9.17, 15) is 20.1 Å². The number of azo groups is 1. The molecule has 0 aliphatic carbocycles. The van der Waals surface area contributed by atoms with Crippen LogP contribution in [-0.4, -0.2) is 21.3 Å². The lowest BCUT2D eigenvalue weighted by molar-refractivity contribution is 0.0694. The number of benzene rings is 3. The molecule has 3 rings (SSSR count). The van der Waals surface area contributed by atoms with Crippen molar-refractivity contribution in [2.45, 2.75) is 0 Å². The predicted molar refractivity (Wildman–Crippen MR) is 110 cm³/mol. The van der Waals surface area contributed by atoms with Gasteiger partial charge in [0.05, 0.1) is 11.4 Å². The molecule has 0 saturated carbocycles. The Kier molecular flexibility index (Phi) is 5.81. The van der Waals surface area contributed by atoms with E-state index < -0.39 is 23.0 Å². The van der Waals surface area contributed by atoms with Gasteiger partial charge < -0.3 is 20.6 Å². The van der Waals surface area contributed by atoms with E-state index in [0.29, 0.717) is 16.4 Å². The lowest BCUT2D eigenvalue weighted by Gasteiger charge is -2.13. The summed E-state index contributed by atoms with van der Waals surface area (Å²) in [6.45, 7) is 0. The maximum atomic E-state index is 11.7. The highest BCUT2D eigenvalue weighted by Crippen LogP contribution is 2.43. The summed E-state index contributed by atoms with van der Waals surface area (Å²) in [5.74, 6) is -2.49. The molecule has 0 radical (unpaired) electrons. The molecule has 0 atom stereocenters. The van der Waals surface area contributed by atoms with Crippen LogP contribution in [0.4, 0.5) is 22.7 Å². The number of phenolic OH excluding ortho intramolecular Hbond substituents is 1. The molecule has 3 aromatic carbocycles. The number of carboxylic acids is 1. The Bertz CT molecular complexity index is 1050. The second-order valence-electron chi connectivity index (χ2n) is 5.63. The summed E-state index contributed by atoms with van der Waals surface area (Å²) in [5, 5.41) is 41.3. The zero-order chi connectivity index (χ0) is 20.3. The summed E-state index contributed by atoms with van der Waals surface area (Å²) < 4.78 is 0.843. The highest BCUT2D eigenvalue weighted by atomic mass is 79.9. The highest BCUT2D eigenvalue weighted by molar-refractivity contribution is 9.10. The molecule has 0 aliphatic rings. The summed E-state index contributed by atoms with van der Waals surface area (Å²) in [5.41, 5.74) is 0.0631. The largest absolute Gasteiger partial charge is 0.506 e. The third kappa shape index (κ3) is 4.41. The summed E-state index contributed by atoms with van der Waals surface area (Å²) in [7, 11) is 0. The van der Waals surface area contributed by atoms with Crippen LogP contribution < -0.4 is 5.32 Å². The van der Waals surface area contributed by atoms with Crippen molar-refractivity contribution < 1.29 is 20.1 Å². The van der Waals surface area contributed by atoms with Gasteiger partial charge in [-0.05, 0) is 48.5 Å². The molecule has 0 amide bonds. The van der Waals surface area contributed by atoms with Crippen LogP contribution in [0.3, 0.4) is 0 Å². The van der Waals surface area contributed by atoms with Gasteiger partial charge in [0, 0.05) is 21.2 Å². The number of nitrogens with one attached hydrogen (secondary N) is 1. The van der Waals surface area contributed by atoms with Crippen molar-refractivity contribution in [3.8, 4) is 11.5 Å². The molecular weight excluding hydrogens is 450 g/mol. The van der Waals surface area contributed by atoms with Crippen LogP contribution >= 0.6 is 27.5 Å². The van der Waals surface area contributed by atoms with Gasteiger partial charge >= 0.3 is 5.97 Å². The average Bonchev–Trinajstić information content (AvgIpc) is 2.66. The minimum atomic E-state index is -1.46. The van der Waals surface area contributed by atoms with Gasteiger partial charge in [-0.2, -0.15) is 5.11 Å². The summed E-state index contributed by atoms with van der Waals surface area (Å²) in [6.07, 6.45) is 0. The van der Waals surface area contributed by atoms with E-state index in [1.54, 1.807) is 48.5 Å². The summed E-state index contributed by atoms with van der Waals surface area (Å²) >= 11 is 9.13. The average molecular weight is 463 g/mol. The van der Waals surface area contributed by atoms with Crippen LogP contribution in [0.1, 0.15) is 10.4 Å². The number of anilines is 2. The van der Waals surface area contributed by atoms with Crippen molar-refractivity contribution in [2.75, 3.05) is 5.32 Å². The van der Waals surface area contributed by atoms with Crippen molar-refractivity contribution in [1.82, 2.24) is 0 Å². The number of hydrogen-bond acceptors (Lipinski definition) is 6. The Hall–Kier alpha value is -3.10. The van der Waals surface area contributed by atoms with Gasteiger partial charge in [0.2, 0.25) is 0 Å². The third-order valence-electron chi connectivity index (χ3n) is 3.68. The van der Waals surface area contributed by atoms with Gasteiger partial charge in [-0.3, -0.25) is 0 Å². The van der Waals surface area contributed by atoms with Gasteiger partial charge in [-0.15, -0.1) is 5.11 Å². The van der Waals surface area contributed by atoms with E-state index >= 15 is 0 Å². The Morgan fingerprint density at radius 2 is 1.64 bits per heavy atom. The summed E-state index contributed by atoms with van der Waals surface area (Å²) in [4.78, 5) is 11.7. The number of phenols is 2. The van der Waals surface area contributed by atoms with Crippen LogP contribution in [0.5, 0.6) is 11.5 Å². The number of halogens is 2. The monoisotopic (exact) mass is 461 g/mol. The zero-order valence-corrected chi connectivity index (χ0v) is 16.4. The molecule has 0 unspecified atom stereocenters. The Morgan fingerprint density at radius 1 is 1.00 bits per heavy atom. The predicted octanol–water partition coefficient (Wildman–Crippen LogP) is 6.37. The molecule has 0 fully saturated rings. The number of carbonyl (C=O) groups is 1. The second kappa shape index (κ2) is 8.28. The SMILES string of the molecule is O=C(O)c1c(O)c(Nc2ccc(Cl)cc2)cc(O)c1N=Nc1ccc(Br)cc1. The minimum absolute atomic E-state index is 0.000172. The van der Waals surface area contributed by atoms with Gasteiger partial charge in [-0.1, -0.05) is 27.5 Å². The van der Waals surface area contributed by atoms with Crippen molar-refractivity contribution in [3.63, 3.8) is 0 Å². The number of aromatic carboxylic acids is 1. The van der Waals surface area contributed by atoms with Gasteiger partial charge in [0.1, 0.15) is 17.0 Å². The topological polar surface area (TPSA) is 115 Å². The molecule has 28 heavy (non-hydrogen) atoms. The third-order valence-corrected chi connectivity index (χ3v) is 4.46. The molecule has 0 aromatic heterocycles. The van der Waals surface area contributed by atoms with Crippen molar-refractivity contribution >= 4 is 56.2 Å². The molecule has 4 N–H and O–H groups in total. The van der Waals surface area contributed by atoms with E-state index in [2.05, 4.69) is 31.5 Å². The van der Waals surface area contributed by atoms with Crippen LogP contribution in [0.2, 0.25) is 5.02 Å². The highest BCUT2D eigenvalue weighted by Gasteiger charge is 2.23. The van der Waals surface area contributed by atoms with Gasteiger partial charge in [0.25, 0.3) is 0 Å². The molecule has 0 aliphatic heterocycles. The minimum Gasteiger partial charge on any atom is -0.506 e. The van der Waals surface area contributed by atoms with Gasteiger partial charge in [0.15, 0.2) is 5.75 Å². The number of hydrogen-bond donors (Lipinski definition) is 4. The molecule has 142 valence electrons. The lowest BCUT2D eigenvalue weighted by Crippen LogP contribution is -2.01. The Morgan fingerprint density at radius 3 is 2.25 bits per heavy atom. The number of carboxylic acid groups (broad SMARTS) is 1. The first kappa shape index (κ1) is 19.7. The van der Waals surface area contributed by atoms with E-state index in [1.165, 1.54) is 6.07 Å². The standard InChI is InChI=1S/C19H13BrClN3O4/c20-10-1-5-13(6-2-10)23-24-17-15(25)9-14(18(26)16(17)19(27)28)22-12-7-3-11(21)4-8-12/h1-9,22,25-26H,(H,27,28). The second-order valence-corrected chi connectivity index (χ2v) is 6.98. The van der Waals surface area contributed by atoms with E-state index in [0.717, 1.165) is 4.47 Å². The van der Waals surface area contributed by atoms with Crippen LogP contribution in [0, 0.1) is 0 Å². The zero-order valence-electron chi connectivity index (χ0n) is 14.1. The van der Waals surface area contributed by atoms with Crippen LogP contribution in [-0.2, 0) is 0 Å². The van der Waals surface area contributed by atoms with Crippen molar-refractivity contribution in [3.05, 3.63) is 69.7 Å². The molecular formula is C19H13BrClN3O4. The first-order chi connectivity index (χ1) is 13.3. The first-order valence-corrected chi connectivity index (χ1v) is 9.04. The van der Waals surface area contributed by atoms with E-state index in [4.69, 9.17) is 11.6 Å². The summed E-state index contributed by atoms with van der Waals surface area (Å²) in [6, 6.07) is 14.5.